The quantitative estimate of drug-likeness (QED) is 0.828. The second kappa shape index (κ2) is 5.42. The summed E-state index contributed by atoms with van der Waals surface area (Å²) in [5.74, 6) is 0.0875. The average Bonchev–Trinajstić information content (AvgIpc) is 2.57. The van der Waals surface area contributed by atoms with Crippen LogP contribution in [0.3, 0.4) is 0 Å². The highest BCUT2D eigenvalue weighted by Crippen LogP contribution is 2.25. The lowest BCUT2D eigenvalue weighted by molar-refractivity contribution is 0.0694. The highest BCUT2D eigenvalue weighted by Gasteiger charge is 2.25. The van der Waals surface area contributed by atoms with Crippen molar-refractivity contribution in [3.8, 4) is 5.75 Å². The average molecular weight is 247 g/mol. The first-order chi connectivity index (χ1) is 8.61. The van der Waals surface area contributed by atoms with Crippen molar-refractivity contribution in [1.29, 1.82) is 0 Å². The summed E-state index contributed by atoms with van der Waals surface area (Å²) in [5, 5.41) is 10.0. The summed E-state index contributed by atoms with van der Waals surface area (Å²) in [5.41, 5.74) is 1.19. The molecule has 2 rings (SSSR count). The smallest absolute Gasteiger partial charge is 0.257 e. The Balaban J connectivity index is 2.26. The van der Waals surface area contributed by atoms with E-state index in [1.807, 2.05) is 24.0 Å². The fourth-order valence-electron chi connectivity index (χ4n) is 2.56. The first kappa shape index (κ1) is 12.9. The molecule has 1 unspecified atom stereocenters. The van der Waals surface area contributed by atoms with Gasteiger partial charge in [-0.05, 0) is 38.3 Å². The molecule has 1 atom stereocenters. The normalized spacial score (nSPS) is 20.6. The van der Waals surface area contributed by atoms with Crippen molar-refractivity contribution in [2.75, 3.05) is 6.54 Å². The minimum absolute atomic E-state index is 0.0365. The number of benzene rings is 1. The van der Waals surface area contributed by atoms with E-state index in [0.717, 1.165) is 24.9 Å². The molecule has 0 radical (unpaired) electrons. The van der Waals surface area contributed by atoms with E-state index < -0.39 is 0 Å². The number of hydrogen-bond acceptors (Lipinski definition) is 2. The number of para-hydroxylation sites is 1. The van der Waals surface area contributed by atoms with Gasteiger partial charge >= 0.3 is 0 Å². The van der Waals surface area contributed by atoms with Crippen molar-refractivity contribution < 1.29 is 9.90 Å². The predicted molar refractivity (Wildman–Crippen MR) is 71.8 cm³/mol. The van der Waals surface area contributed by atoms with Gasteiger partial charge in [-0.3, -0.25) is 4.79 Å². The van der Waals surface area contributed by atoms with Crippen LogP contribution in [0, 0.1) is 6.92 Å². The molecule has 1 heterocycles. The second-order valence-electron chi connectivity index (χ2n) is 5.17. The second-order valence-corrected chi connectivity index (χ2v) is 5.17. The first-order valence-electron chi connectivity index (χ1n) is 6.71. The van der Waals surface area contributed by atoms with Crippen LogP contribution in [-0.2, 0) is 0 Å². The number of amides is 1. The van der Waals surface area contributed by atoms with E-state index in [1.54, 1.807) is 6.07 Å². The van der Waals surface area contributed by atoms with Crippen LogP contribution in [0.2, 0.25) is 0 Å². The van der Waals surface area contributed by atoms with Crippen molar-refractivity contribution in [2.45, 2.75) is 45.6 Å². The van der Waals surface area contributed by atoms with Gasteiger partial charge in [0.25, 0.3) is 5.91 Å². The minimum Gasteiger partial charge on any atom is -0.507 e. The van der Waals surface area contributed by atoms with Crippen molar-refractivity contribution >= 4 is 5.91 Å². The third-order valence-electron chi connectivity index (χ3n) is 3.78. The van der Waals surface area contributed by atoms with Crippen LogP contribution in [0.25, 0.3) is 0 Å². The minimum atomic E-state index is -0.0365. The van der Waals surface area contributed by atoms with E-state index in [4.69, 9.17) is 0 Å². The van der Waals surface area contributed by atoms with E-state index in [-0.39, 0.29) is 17.7 Å². The Morgan fingerprint density at radius 3 is 2.89 bits per heavy atom. The van der Waals surface area contributed by atoms with E-state index in [1.165, 1.54) is 12.8 Å². The van der Waals surface area contributed by atoms with Gasteiger partial charge in [0.05, 0.1) is 5.56 Å². The van der Waals surface area contributed by atoms with Gasteiger partial charge in [0, 0.05) is 12.6 Å². The zero-order valence-corrected chi connectivity index (χ0v) is 11.1. The van der Waals surface area contributed by atoms with Crippen LogP contribution >= 0.6 is 0 Å². The summed E-state index contributed by atoms with van der Waals surface area (Å²) in [4.78, 5) is 14.4. The van der Waals surface area contributed by atoms with Crippen molar-refractivity contribution in [1.82, 2.24) is 4.90 Å². The predicted octanol–water partition coefficient (Wildman–Crippen LogP) is 3.11. The maximum absolute atomic E-state index is 12.5. The number of phenols is 1. The van der Waals surface area contributed by atoms with E-state index in [0.29, 0.717) is 5.56 Å². The third kappa shape index (κ3) is 2.50. The molecule has 98 valence electrons. The summed E-state index contributed by atoms with van der Waals surface area (Å²) in [6.45, 7) is 4.71. The number of carbonyl (C=O) groups excluding carboxylic acids is 1. The molecule has 0 spiro atoms. The molecular weight excluding hydrogens is 226 g/mol. The van der Waals surface area contributed by atoms with Gasteiger partial charge in [-0.1, -0.05) is 25.0 Å². The van der Waals surface area contributed by atoms with E-state index >= 15 is 0 Å². The first-order valence-corrected chi connectivity index (χ1v) is 6.71. The molecule has 3 heteroatoms. The molecule has 1 aliphatic rings. The lowest BCUT2D eigenvalue weighted by atomic mass is 10.1. The number of phenolic OH excluding ortho intramolecular Hbond substituents is 1. The highest BCUT2D eigenvalue weighted by atomic mass is 16.3. The Kier molecular flexibility index (Phi) is 3.90. The van der Waals surface area contributed by atoms with Gasteiger partial charge in [0.2, 0.25) is 0 Å². The molecule has 0 aliphatic carbocycles. The Labute approximate surface area is 108 Å². The van der Waals surface area contributed by atoms with E-state index in [9.17, 15) is 9.90 Å². The summed E-state index contributed by atoms with van der Waals surface area (Å²) >= 11 is 0. The van der Waals surface area contributed by atoms with Crippen molar-refractivity contribution in [3.05, 3.63) is 29.3 Å². The van der Waals surface area contributed by atoms with E-state index in [2.05, 4.69) is 6.92 Å². The third-order valence-corrected chi connectivity index (χ3v) is 3.78. The maximum Gasteiger partial charge on any atom is 0.257 e. The fourth-order valence-corrected chi connectivity index (χ4v) is 2.56. The number of nitrogens with zero attached hydrogens (tertiary/aromatic N) is 1. The summed E-state index contributed by atoms with van der Waals surface area (Å²) < 4.78 is 0. The Bertz CT molecular complexity index is 442. The van der Waals surface area contributed by atoms with Gasteiger partial charge in [-0.2, -0.15) is 0 Å². The molecule has 1 saturated heterocycles. The molecule has 1 aliphatic heterocycles. The molecule has 0 bridgehead atoms. The molecule has 0 saturated carbocycles. The Morgan fingerprint density at radius 2 is 2.11 bits per heavy atom. The molecule has 1 N–H and O–H groups in total. The topological polar surface area (TPSA) is 40.5 Å². The van der Waals surface area contributed by atoms with Crippen molar-refractivity contribution in [3.63, 3.8) is 0 Å². The number of rotatable bonds is 1. The fraction of sp³-hybridized carbons (Fsp3) is 0.533. The van der Waals surface area contributed by atoms with Crippen LogP contribution in [0.1, 0.15) is 48.5 Å². The lowest BCUT2D eigenvalue weighted by Crippen LogP contribution is -2.38. The SMILES string of the molecule is Cc1cccc(C(=O)N2CCCCCC2C)c1O. The molecule has 18 heavy (non-hydrogen) atoms. The van der Waals surface area contributed by atoms with Crippen LogP contribution < -0.4 is 0 Å². The number of aromatic hydroxyl groups is 1. The summed E-state index contributed by atoms with van der Waals surface area (Å²) in [7, 11) is 0. The van der Waals surface area contributed by atoms with Crippen LogP contribution in [-0.4, -0.2) is 28.5 Å². The molecule has 1 aromatic carbocycles. The zero-order chi connectivity index (χ0) is 13.1. The Hall–Kier alpha value is -1.51. The molecule has 1 aromatic rings. The summed E-state index contributed by atoms with van der Waals surface area (Å²) in [6, 6.07) is 5.62. The van der Waals surface area contributed by atoms with Gasteiger partial charge in [-0.25, -0.2) is 0 Å². The van der Waals surface area contributed by atoms with Crippen LogP contribution in [0.5, 0.6) is 5.75 Å². The number of likely N-dealkylation sites (tertiary alicyclic amines) is 1. The molecule has 1 fully saturated rings. The number of hydrogen-bond donors (Lipinski definition) is 1. The lowest BCUT2D eigenvalue weighted by Gasteiger charge is -2.27. The zero-order valence-electron chi connectivity index (χ0n) is 11.1. The van der Waals surface area contributed by atoms with Gasteiger partial charge in [0.1, 0.15) is 5.75 Å². The maximum atomic E-state index is 12.5. The largest absolute Gasteiger partial charge is 0.507 e. The van der Waals surface area contributed by atoms with Gasteiger partial charge < -0.3 is 10.0 Å². The van der Waals surface area contributed by atoms with Crippen LogP contribution in [0.4, 0.5) is 0 Å². The Morgan fingerprint density at radius 1 is 1.33 bits per heavy atom. The monoisotopic (exact) mass is 247 g/mol. The molecular formula is C15H21NO2. The van der Waals surface area contributed by atoms with Crippen LogP contribution in [0.15, 0.2) is 18.2 Å². The van der Waals surface area contributed by atoms with Gasteiger partial charge in [0.15, 0.2) is 0 Å². The molecule has 3 nitrogen and oxygen atoms in total. The standard InChI is InChI=1S/C15H21NO2/c1-11-7-6-9-13(14(11)17)15(18)16-10-5-3-4-8-12(16)2/h6-7,9,12,17H,3-5,8,10H2,1-2H3. The highest BCUT2D eigenvalue weighted by molar-refractivity contribution is 5.97. The number of aryl methyl sites for hydroxylation is 1. The van der Waals surface area contributed by atoms with Crippen molar-refractivity contribution in [2.24, 2.45) is 0 Å². The molecule has 0 aromatic heterocycles. The molecule has 1 amide bonds. The van der Waals surface area contributed by atoms with Gasteiger partial charge in [-0.15, -0.1) is 0 Å². The number of carbonyl (C=O) groups is 1. The summed E-state index contributed by atoms with van der Waals surface area (Å²) in [6.07, 6.45) is 4.49.